The van der Waals surface area contributed by atoms with Crippen LogP contribution in [0, 0.1) is 5.92 Å². The molecule has 28 heavy (non-hydrogen) atoms. The summed E-state index contributed by atoms with van der Waals surface area (Å²) in [5.41, 5.74) is 0.644. The lowest BCUT2D eigenvalue weighted by Crippen LogP contribution is -2.42. The maximum absolute atomic E-state index is 13.0. The number of carbonyl (C=O) groups is 4. The minimum absolute atomic E-state index is 0.0550. The zero-order valence-corrected chi connectivity index (χ0v) is 16.3. The fourth-order valence-corrected chi connectivity index (χ4v) is 4.07. The van der Waals surface area contributed by atoms with E-state index in [1.165, 1.54) is 11.0 Å². The highest BCUT2D eigenvalue weighted by Gasteiger charge is 2.37. The summed E-state index contributed by atoms with van der Waals surface area (Å²) in [7, 11) is 0. The Morgan fingerprint density at radius 2 is 1.43 bits per heavy atom. The van der Waals surface area contributed by atoms with Gasteiger partial charge in [-0.1, -0.05) is 19.9 Å². The summed E-state index contributed by atoms with van der Waals surface area (Å²) in [5, 5.41) is 9.31. The van der Waals surface area contributed by atoms with E-state index in [-0.39, 0.29) is 23.5 Å². The highest BCUT2D eigenvalue weighted by Crippen LogP contribution is 2.25. The molecule has 0 bridgehead atoms. The van der Waals surface area contributed by atoms with Crippen LogP contribution in [-0.2, 0) is 9.59 Å². The normalized spacial score (nSPS) is 22.0. The van der Waals surface area contributed by atoms with E-state index >= 15 is 0 Å². The van der Waals surface area contributed by atoms with Crippen LogP contribution in [0.4, 0.5) is 0 Å². The smallest absolute Gasteiger partial charge is 0.326 e. The number of nitrogens with zero attached hydrogens (tertiary/aromatic N) is 2. The topological polar surface area (TPSA) is 95.0 Å². The quantitative estimate of drug-likeness (QED) is 0.837. The Hall–Kier alpha value is -2.70. The van der Waals surface area contributed by atoms with Crippen molar-refractivity contribution in [1.29, 1.82) is 0 Å². The van der Waals surface area contributed by atoms with Gasteiger partial charge in [-0.25, -0.2) is 4.79 Å². The summed E-state index contributed by atoms with van der Waals surface area (Å²) >= 11 is 0. The summed E-state index contributed by atoms with van der Waals surface area (Å²) in [6, 6.07) is 5.13. The first kappa shape index (κ1) is 20.0. The molecule has 1 aromatic rings. The van der Waals surface area contributed by atoms with Gasteiger partial charge in [0.25, 0.3) is 11.8 Å². The third-order valence-corrected chi connectivity index (χ3v) is 5.57. The number of carboxylic acids is 1. The highest BCUT2D eigenvalue weighted by atomic mass is 16.4. The Morgan fingerprint density at radius 3 is 1.93 bits per heavy atom. The minimum Gasteiger partial charge on any atom is -0.480 e. The Kier molecular flexibility index (Phi) is 5.82. The predicted molar refractivity (Wildman–Crippen MR) is 102 cm³/mol. The molecule has 1 aromatic carbocycles. The lowest BCUT2D eigenvalue weighted by atomic mass is 9.99. The number of rotatable bonds is 5. The number of amides is 2. The summed E-state index contributed by atoms with van der Waals surface area (Å²) in [6.45, 7) is 4.58. The molecule has 3 rings (SSSR count). The summed E-state index contributed by atoms with van der Waals surface area (Å²) in [4.78, 5) is 52.6. The van der Waals surface area contributed by atoms with Crippen molar-refractivity contribution >= 4 is 23.6 Å². The van der Waals surface area contributed by atoms with E-state index < -0.39 is 18.1 Å². The molecule has 1 N–H and O–H groups in total. The first-order chi connectivity index (χ1) is 13.3. The van der Waals surface area contributed by atoms with Gasteiger partial charge in [0, 0.05) is 30.1 Å². The van der Waals surface area contributed by atoms with Gasteiger partial charge in [0.05, 0.1) is 6.04 Å². The fourth-order valence-electron chi connectivity index (χ4n) is 4.07. The molecule has 0 aliphatic carbocycles. The predicted octanol–water partition coefficient (Wildman–Crippen LogP) is 2.21. The number of aliphatic carboxylic acids is 1. The number of carboxylic acid groups (broad SMARTS) is 1. The van der Waals surface area contributed by atoms with E-state index in [2.05, 4.69) is 0 Å². The van der Waals surface area contributed by atoms with Gasteiger partial charge in [-0.05, 0) is 43.9 Å². The molecule has 150 valence electrons. The van der Waals surface area contributed by atoms with Crippen LogP contribution in [-0.4, -0.2) is 63.6 Å². The molecule has 0 unspecified atom stereocenters. The number of likely N-dealkylation sites (tertiary alicyclic amines) is 2. The highest BCUT2D eigenvalue weighted by molar-refractivity contribution is 6.02. The molecule has 0 saturated carbocycles. The molecule has 2 heterocycles. The van der Waals surface area contributed by atoms with Crippen LogP contribution in [0.3, 0.4) is 0 Å². The average molecular weight is 386 g/mol. The first-order valence-corrected chi connectivity index (χ1v) is 9.79. The van der Waals surface area contributed by atoms with Crippen molar-refractivity contribution in [1.82, 2.24) is 9.80 Å². The van der Waals surface area contributed by atoms with E-state index in [9.17, 15) is 24.3 Å². The Balaban J connectivity index is 1.81. The number of Topliss-reactive ketones (excluding diaryl/α,β-unsaturated/α-hetero) is 1. The van der Waals surface area contributed by atoms with Crippen molar-refractivity contribution in [3.05, 3.63) is 35.4 Å². The van der Waals surface area contributed by atoms with Crippen molar-refractivity contribution < 1.29 is 24.3 Å². The molecule has 2 aliphatic rings. The van der Waals surface area contributed by atoms with Gasteiger partial charge in [-0.15, -0.1) is 0 Å². The summed E-state index contributed by atoms with van der Waals surface area (Å²) in [6.07, 6.45) is 2.53. The van der Waals surface area contributed by atoms with Crippen LogP contribution < -0.4 is 0 Å². The van der Waals surface area contributed by atoms with Crippen molar-refractivity contribution in [2.24, 2.45) is 5.92 Å². The molecule has 2 aliphatic heterocycles. The molecule has 2 atom stereocenters. The molecule has 0 spiro atoms. The van der Waals surface area contributed by atoms with Gasteiger partial charge in [0.1, 0.15) is 6.04 Å². The number of carbonyl (C=O) groups excluding carboxylic acids is 3. The van der Waals surface area contributed by atoms with Crippen LogP contribution in [0.25, 0.3) is 0 Å². The maximum Gasteiger partial charge on any atom is 0.326 e. The zero-order chi connectivity index (χ0) is 20.4. The second-order valence-corrected chi connectivity index (χ2v) is 7.79. The largest absolute Gasteiger partial charge is 0.480 e. The summed E-state index contributed by atoms with van der Waals surface area (Å²) in [5.74, 6) is -1.74. The van der Waals surface area contributed by atoms with Crippen LogP contribution in [0.15, 0.2) is 24.3 Å². The SMILES string of the molecule is CC(C)C(=O)[C@@H]1CCCN1C(=O)c1cccc(C(=O)N2CCC[C@H]2C(=O)O)c1. The molecule has 2 fully saturated rings. The van der Waals surface area contributed by atoms with E-state index in [4.69, 9.17) is 0 Å². The van der Waals surface area contributed by atoms with Crippen LogP contribution >= 0.6 is 0 Å². The molecular weight excluding hydrogens is 360 g/mol. The molecule has 7 heteroatoms. The number of benzene rings is 1. The first-order valence-electron chi connectivity index (χ1n) is 9.79. The number of hydrogen-bond acceptors (Lipinski definition) is 4. The van der Waals surface area contributed by atoms with Crippen LogP contribution in [0.5, 0.6) is 0 Å². The fraction of sp³-hybridized carbons (Fsp3) is 0.524. The van der Waals surface area contributed by atoms with E-state index in [0.29, 0.717) is 43.5 Å². The monoisotopic (exact) mass is 386 g/mol. The molecule has 7 nitrogen and oxygen atoms in total. The summed E-state index contributed by atoms with van der Waals surface area (Å²) < 4.78 is 0. The Labute approximate surface area is 164 Å². The van der Waals surface area contributed by atoms with Gasteiger partial charge >= 0.3 is 5.97 Å². The Bertz CT molecular complexity index is 804. The molecule has 2 saturated heterocycles. The van der Waals surface area contributed by atoms with Gasteiger partial charge in [0.2, 0.25) is 0 Å². The van der Waals surface area contributed by atoms with Crippen molar-refractivity contribution in [3.63, 3.8) is 0 Å². The second kappa shape index (κ2) is 8.12. The van der Waals surface area contributed by atoms with Gasteiger partial charge in [-0.3, -0.25) is 14.4 Å². The molecule has 2 amide bonds. The van der Waals surface area contributed by atoms with Crippen molar-refractivity contribution in [3.8, 4) is 0 Å². The lowest BCUT2D eigenvalue weighted by Gasteiger charge is -2.25. The van der Waals surface area contributed by atoms with E-state index in [1.807, 2.05) is 13.8 Å². The maximum atomic E-state index is 13.0. The van der Waals surface area contributed by atoms with Crippen LogP contribution in [0.2, 0.25) is 0 Å². The Morgan fingerprint density at radius 1 is 0.929 bits per heavy atom. The third kappa shape index (κ3) is 3.79. The van der Waals surface area contributed by atoms with Crippen molar-refractivity contribution in [2.45, 2.75) is 51.6 Å². The zero-order valence-electron chi connectivity index (χ0n) is 16.3. The standard InChI is InChI=1S/C21H26N2O5/c1-13(2)18(24)16-8-4-10-22(16)19(25)14-6-3-7-15(12-14)20(26)23-11-5-9-17(23)21(27)28/h3,6-7,12-13,16-17H,4-5,8-11H2,1-2H3,(H,27,28)/t16-,17-/m0/s1. The second-order valence-electron chi connectivity index (χ2n) is 7.79. The van der Waals surface area contributed by atoms with Gasteiger partial charge in [0.15, 0.2) is 5.78 Å². The van der Waals surface area contributed by atoms with E-state index in [1.54, 1.807) is 23.1 Å². The van der Waals surface area contributed by atoms with Crippen LogP contribution in [0.1, 0.15) is 60.2 Å². The average Bonchev–Trinajstić information content (AvgIpc) is 3.35. The number of hydrogen-bond donors (Lipinski definition) is 1. The molecule has 0 aromatic heterocycles. The number of ketones is 1. The molecular formula is C21H26N2O5. The third-order valence-electron chi connectivity index (χ3n) is 5.57. The molecule has 0 radical (unpaired) electrons. The van der Waals surface area contributed by atoms with Gasteiger partial charge < -0.3 is 14.9 Å². The van der Waals surface area contributed by atoms with Crippen molar-refractivity contribution in [2.75, 3.05) is 13.1 Å². The minimum atomic E-state index is -1.01. The lowest BCUT2D eigenvalue weighted by molar-refractivity contribution is -0.141. The van der Waals surface area contributed by atoms with Gasteiger partial charge in [-0.2, -0.15) is 0 Å². The van der Waals surface area contributed by atoms with E-state index in [0.717, 1.165) is 6.42 Å².